The van der Waals surface area contributed by atoms with Crippen molar-refractivity contribution < 1.29 is 22.0 Å². The van der Waals surface area contributed by atoms with E-state index >= 15 is 0 Å². The van der Waals surface area contributed by atoms with Crippen molar-refractivity contribution in [3.8, 4) is 0 Å². The molecule has 1 N–H and O–H groups in total. The molecule has 4 rings (SSSR count). The standard InChI is InChI=1S/C22H24F2N2O3S/c23-20-8-1-16(14-21(20)24)13-15-9-11-26(12-10-15)22(27)17-2-6-19(7-3-17)30(28,29)25-18-4-5-18/h1-3,6-8,14-15,18,25H,4-5,9-13H2. The third-order valence-corrected chi connectivity index (χ3v) is 7.26. The molecule has 0 bridgehead atoms. The number of hydrogen-bond acceptors (Lipinski definition) is 3. The second-order valence-corrected chi connectivity index (χ2v) is 9.82. The van der Waals surface area contributed by atoms with Gasteiger partial charge in [0.25, 0.3) is 5.91 Å². The molecular formula is C22H24F2N2O3S. The Morgan fingerprint density at radius 3 is 2.23 bits per heavy atom. The minimum atomic E-state index is -3.53. The lowest BCUT2D eigenvalue weighted by Gasteiger charge is -2.32. The molecule has 1 amide bonds. The van der Waals surface area contributed by atoms with Crippen LogP contribution in [0.4, 0.5) is 8.78 Å². The first kappa shape index (κ1) is 20.9. The van der Waals surface area contributed by atoms with Crippen molar-refractivity contribution in [2.75, 3.05) is 13.1 Å². The van der Waals surface area contributed by atoms with Crippen LogP contribution in [0.2, 0.25) is 0 Å². The van der Waals surface area contributed by atoms with Crippen LogP contribution in [0, 0.1) is 17.6 Å². The van der Waals surface area contributed by atoms with E-state index in [4.69, 9.17) is 0 Å². The number of nitrogens with one attached hydrogen (secondary N) is 1. The average Bonchev–Trinajstić information content (AvgIpc) is 3.54. The van der Waals surface area contributed by atoms with Gasteiger partial charge in [-0.2, -0.15) is 0 Å². The SMILES string of the molecule is O=C(c1ccc(S(=O)(=O)NC2CC2)cc1)N1CCC(Cc2ccc(F)c(F)c2)CC1. The number of rotatable bonds is 6. The second-order valence-electron chi connectivity index (χ2n) is 8.11. The van der Waals surface area contributed by atoms with E-state index in [1.807, 2.05) is 0 Å². The molecular weight excluding hydrogens is 410 g/mol. The summed E-state index contributed by atoms with van der Waals surface area (Å²) in [5.74, 6) is -1.50. The van der Waals surface area contributed by atoms with E-state index in [1.54, 1.807) is 23.1 Å². The molecule has 2 aromatic carbocycles. The molecule has 8 heteroatoms. The number of piperidine rings is 1. The molecule has 0 unspecified atom stereocenters. The molecule has 1 saturated carbocycles. The Kier molecular flexibility index (Phi) is 5.88. The van der Waals surface area contributed by atoms with E-state index in [0.29, 0.717) is 31.0 Å². The molecule has 1 aliphatic heterocycles. The van der Waals surface area contributed by atoms with Crippen LogP contribution < -0.4 is 4.72 Å². The molecule has 2 fully saturated rings. The van der Waals surface area contributed by atoms with Gasteiger partial charge in [0.2, 0.25) is 10.0 Å². The number of amides is 1. The maximum Gasteiger partial charge on any atom is 0.253 e. The molecule has 0 spiro atoms. The highest BCUT2D eigenvalue weighted by molar-refractivity contribution is 7.89. The average molecular weight is 435 g/mol. The van der Waals surface area contributed by atoms with E-state index in [1.165, 1.54) is 18.2 Å². The molecule has 160 valence electrons. The summed E-state index contributed by atoms with van der Waals surface area (Å²) in [6, 6.07) is 10.1. The van der Waals surface area contributed by atoms with Crippen LogP contribution in [0.5, 0.6) is 0 Å². The molecule has 0 radical (unpaired) electrons. The van der Waals surface area contributed by atoms with Gasteiger partial charge in [-0.25, -0.2) is 21.9 Å². The highest BCUT2D eigenvalue weighted by Gasteiger charge is 2.28. The Balaban J connectivity index is 1.33. The Morgan fingerprint density at radius 1 is 0.967 bits per heavy atom. The van der Waals surface area contributed by atoms with Gasteiger partial charge in [-0.05, 0) is 80.0 Å². The van der Waals surface area contributed by atoms with E-state index in [9.17, 15) is 22.0 Å². The predicted molar refractivity (Wildman–Crippen MR) is 108 cm³/mol. The van der Waals surface area contributed by atoms with Gasteiger partial charge < -0.3 is 4.90 Å². The number of halogens is 2. The Hall–Kier alpha value is -2.32. The summed E-state index contributed by atoms with van der Waals surface area (Å²) < 4.78 is 53.6. The van der Waals surface area contributed by atoms with Crippen molar-refractivity contribution in [3.63, 3.8) is 0 Å². The van der Waals surface area contributed by atoms with Crippen molar-refractivity contribution in [3.05, 3.63) is 65.2 Å². The monoisotopic (exact) mass is 434 g/mol. The highest BCUT2D eigenvalue weighted by Crippen LogP contribution is 2.25. The molecule has 1 aliphatic carbocycles. The van der Waals surface area contributed by atoms with Crippen molar-refractivity contribution in [2.45, 2.75) is 43.0 Å². The summed E-state index contributed by atoms with van der Waals surface area (Å²) >= 11 is 0. The number of nitrogens with zero attached hydrogens (tertiary/aromatic N) is 1. The van der Waals surface area contributed by atoms with Crippen LogP contribution >= 0.6 is 0 Å². The Morgan fingerprint density at radius 2 is 1.63 bits per heavy atom. The number of likely N-dealkylation sites (tertiary alicyclic amines) is 1. The van der Waals surface area contributed by atoms with Crippen LogP contribution in [0.3, 0.4) is 0 Å². The summed E-state index contributed by atoms with van der Waals surface area (Å²) in [5, 5.41) is 0. The summed E-state index contributed by atoms with van der Waals surface area (Å²) in [6.45, 7) is 1.16. The maximum absolute atomic E-state index is 13.4. The normalized spacial score (nSPS) is 17.9. The molecule has 0 aromatic heterocycles. The van der Waals surface area contributed by atoms with Crippen LogP contribution in [-0.2, 0) is 16.4 Å². The predicted octanol–water partition coefficient (Wildman–Crippen LogP) is 3.50. The van der Waals surface area contributed by atoms with Crippen molar-refractivity contribution in [1.29, 1.82) is 0 Å². The van der Waals surface area contributed by atoms with Gasteiger partial charge in [0.1, 0.15) is 0 Å². The van der Waals surface area contributed by atoms with E-state index in [2.05, 4.69) is 4.72 Å². The molecule has 5 nitrogen and oxygen atoms in total. The largest absolute Gasteiger partial charge is 0.339 e. The Bertz CT molecular complexity index is 1030. The van der Waals surface area contributed by atoms with Gasteiger partial charge in [-0.1, -0.05) is 6.07 Å². The van der Waals surface area contributed by atoms with E-state index < -0.39 is 21.7 Å². The maximum atomic E-state index is 13.4. The summed E-state index contributed by atoms with van der Waals surface area (Å²) in [7, 11) is -3.53. The number of carbonyl (C=O) groups excluding carboxylic acids is 1. The fraction of sp³-hybridized carbons (Fsp3) is 0.409. The minimum Gasteiger partial charge on any atom is -0.339 e. The lowest BCUT2D eigenvalue weighted by Crippen LogP contribution is -2.39. The van der Waals surface area contributed by atoms with E-state index in [0.717, 1.165) is 37.3 Å². The molecule has 1 saturated heterocycles. The second kappa shape index (κ2) is 8.43. The number of hydrogen-bond donors (Lipinski definition) is 1. The lowest BCUT2D eigenvalue weighted by molar-refractivity contribution is 0.0690. The minimum absolute atomic E-state index is 0.0315. The first-order valence-electron chi connectivity index (χ1n) is 10.2. The van der Waals surface area contributed by atoms with Crippen LogP contribution in [0.1, 0.15) is 41.6 Å². The zero-order valence-corrected chi connectivity index (χ0v) is 17.3. The highest BCUT2D eigenvalue weighted by atomic mass is 32.2. The van der Waals surface area contributed by atoms with Crippen molar-refractivity contribution >= 4 is 15.9 Å². The number of sulfonamides is 1. The first-order valence-corrected chi connectivity index (χ1v) is 11.7. The zero-order chi connectivity index (χ0) is 21.3. The number of carbonyl (C=O) groups is 1. The van der Waals surface area contributed by atoms with Gasteiger partial charge in [0.05, 0.1) is 4.90 Å². The summed E-state index contributed by atoms with van der Waals surface area (Å²) in [4.78, 5) is 14.7. The number of benzene rings is 2. The van der Waals surface area contributed by atoms with Gasteiger partial charge in [-0.15, -0.1) is 0 Å². The van der Waals surface area contributed by atoms with Gasteiger partial charge in [0.15, 0.2) is 11.6 Å². The third kappa shape index (κ3) is 4.87. The van der Waals surface area contributed by atoms with E-state index in [-0.39, 0.29) is 16.8 Å². The first-order chi connectivity index (χ1) is 14.3. The molecule has 2 aromatic rings. The quantitative estimate of drug-likeness (QED) is 0.757. The topological polar surface area (TPSA) is 66.5 Å². The van der Waals surface area contributed by atoms with Gasteiger partial charge >= 0.3 is 0 Å². The van der Waals surface area contributed by atoms with Crippen LogP contribution in [-0.4, -0.2) is 38.4 Å². The fourth-order valence-corrected chi connectivity index (χ4v) is 5.09. The van der Waals surface area contributed by atoms with Crippen molar-refractivity contribution in [1.82, 2.24) is 9.62 Å². The summed E-state index contributed by atoms with van der Waals surface area (Å²) in [5.41, 5.74) is 1.22. The smallest absolute Gasteiger partial charge is 0.253 e. The van der Waals surface area contributed by atoms with Crippen LogP contribution in [0.15, 0.2) is 47.4 Å². The van der Waals surface area contributed by atoms with Crippen LogP contribution in [0.25, 0.3) is 0 Å². The zero-order valence-electron chi connectivity index (χ0n) is 16.5. The summed E-state index contributed by atoms with van der Waals surface area (Å²) in [6.07, 6.45) is 3.94. The molecule has 30 heavy (non-hydrogen) atoms. The molecule has 0 atom stereocenters. The fourth-order valence-electron chi connectivity index (χ4n) is 3.79. The lowest BCUT2D eigenvalue weighted by atomic mass is 9.90. The molecule has 1 heterocycles. The third-order valence-electron chi connectivity index (χ3n) is 5.72. The van der Waals surface area contributed by atoms with Crippen molar-refractivity contribution in [2.24, 2.45) is 5.92 Å². The van der Waals surface area contributed by atoms with Gasteiger partial charge in [-0.3, -0.25) is 4.79 Å². The Labute approximate surface area is 175 Å². The van der Waals surface area contributed by atoms with Gasteiger partial charge in [0, 0.05) is 24.7 Å². The molecule has 2 aliphatic rings.